The molecule has 0 spiro atoms. The Bertz CT molecular complexity index is 1530. The van der Waals surface area contributed by atoms with Gasteiger partial charge in [-0.2, -0.15) is 4.52 Å². The van der Waals surface area contributed by atoms with Crippen molar-refractivity contribution in [2.24, 2.45) is 0 Å². The first-order chi connectivity index (χ1) is 18.2. The van der Waals surface area contributed by atoms with Crippen LogP contribution in [0.2, 0.25) is 0 Å². The molecule has 3 aromatic heterocycles. The quantitative estimate of drug-likeness (QED) is 0.328. The van der Waals surface area contributed by atoms with E-state index in [0.29, 0.717) is 17.5 Å². The zero-order valence-corrected chi connectivity index (χ0v) is 21.1. The summed E-state index contributed by atoms with van der Waals surface area (Å²) >= 11 is 0. The second-order valence-corrected chi connectivity index (χ2v) is 9.45. The van der Waals surface area contributed by atoms with Crippen LogP contribution in [0.25, 0.3) is 17.2 Å². The van der Waals surface area contributed by atoms with E-state index in [9.17, 15) is 0 Å². The number of rotatable bonds is 8. The lowest BCUT2D eigenvalue weighted by Crippen LogP contribution is -2.30. The molecule has 0 fully saturated rings. The maximum absolute atomic E-state index is 5.59. The van der Waals surface area contributed by atoms with Crippen LogP contribution in [0.15, 0.2) is 71.5 Å². The molecule has 0 bridgehead atoms. The van der Waals surface area contributed by atoms with E-state index in [-0.39, 0.29) is 0 Å². The van der Waals surface area contributed by atoms with Gasteiger partial charge < -0.3 is 14.5 Å². The van der Waals surface area contributed by atoms with Crippen molar-refractivity contribution in [3.63, 3.8) is 0 Å². The Morgan fingerprint density at radius 2 is 1.97 bits per heavy atom. The van der Waals surface area contributed by atoms with E-state index in [2.05, 4.69) is 53.5 Å². The molecule has 8 nitrogen and oxygen atoms in total. The predicted octanol–water partition coefficient (Wildman–Crippen LogP) is 4.91. The topological polar surface area (TPSA) is 80.7 Å². The van der Waals surface area contributed by atoms with Crippen molar-refractivity contribution in [3.05, 3.63) is 94.9 Å². The van der Waals surface area contributed by atoms with Crippen LogP contribution in [-0.2, 0) is 25.9 Å². The summed E-state index contributed by atoms with van der Waals surface area (Å²) in [6.45, 7) is 5.44. The van der Waals surface area contributed by atoms with Crippen molar-refractivity contribution in [1.82, 2.24) is 24.5 Å². The minimum Gasteiger partial charge on any atom is -0.497 e. The van der Waals surface area contributed by atoms with Gasteiger partial charge in [0.25, 0.3) is 0 Å². The highest BCUT2D eigenvalue weighted by molar-refractivity contribution is 5.58. The predicted molar refractivity (Wildman–Crippen MR) is 143 cm³/mol. The maximum Gasteiger partial charge on any atom is 0.225 e. The molecule has 4 heterocycles. The molecule has 6 rings (SSSR count). The van der Waals surface area contributed by atoms with Crippen LogP contribution in [0.5, 0.6) is 5.75 Å². The van der Waals surface area contributed by atoms with E-state index in [1.807, 2.05) is 28.9 Å². The van der Waals surface area contributed by atoms with Gasteiger partial charge in [0.05, 0.1) is 13.4 Å². The van der Waals surface area contributed by atoms with Crippen LogP contribution in [0.3, 0.4) is 0 Å². The third kappa shape index (κ3) is 4.80. The number of aromatic nitrogens is 4. The van der Waals surface area contributed by atoms with E-state index < -0.39 is 0 Å². The molecule has 0 amide bonds. The summed E-state index contributed by atoms with van der Waals surface area (Å²) in [6, 6.07) is 18.5. The Morgan fingerprint density at radius 3 is 2.81 bits per heavy atom. The number of hydrogen-bond donors (Lipinski definition) is 1. The van der Waals surface area contributed by atoms with Crippen molar-refractivity contribution in [1.29, 1.82) is 0 Å². The van der Waals surface area contributed by atoms with Crippen LogP contribution >= 0.6 is 0 Å². The van der Waals surface area contributed by atoms with E-state index >= 15 is 0 Å². The molecule has 8 heteroatoms. The molecule has 188 valence electrons. The lowest BCUT2D eigenvalue weighted by molar-refractivity contribution is 0.245. The molecular weight excluding hydrogens is 464 g/mol. The number of hydrogen-bond acceptors (Lipinski definition) is 7. The molecule has 1 aliphatic rings. The minimum atomic E-state index is 0.551. The smallest absolute Gasteiger partial charge is 0.225 e. The Hall–Kier alpha value is -4.17. The van der Waals surface area contributed by atoms with E-state index in [4.69, 9.17) is 24.2 Å². The average Bonchev–Trinajstić information content (AvgIpc) is 3.61. The van der Waals surface area contributed by atoms with Crippen molar-refractivity contribution < 1.29 is 9.15 Å². The molecule has 0 unspecified atom stereocenters. The summed E-state index contributed by atoms with van der Waals surface area (Å²) in [5.41, 5.74) is 7.12. The van der Waals surface area contributed by atoms with E-state index in [1.54, 1.807) is 13.4 Å². The van der Waals surface area contributed by atoms with Crippen LogP contribution in [0, 0.1) is 6.92 Å². The highest BCUT2D eigenvalue weighted by atomic mass is 16.5. The summed E-state index contributed by atoms with van der Waals surface area (Å²) in [5.74, 6) is 2.76. The van der Waals surface area contributed by atoms with E-state index in [1.165, 1.54) is 22.3 Å². The molecule has 5 aromatic rings. The fraction of sp³-hybridized carbons (Fsp3) is 0.276. The first-order valence-electron chi connectivity index (χ1n) is 12.6. The van der Waals surface area contributed by atoms with Gasteiger partial charge in [-0.3, -0.25) is 4.90 Å². The van der Waals surface area contributed by atoms with Gasteiger partial charge in [-0.15, -0.1) is 5.10 Å². The summed E-state index contributed by atoms with van der Waals surface area (Å²) in [6.07, 6.45) is 5.47. The average molecular weight is 495 g/mol. The zero-order chi connectivity index (χ0) is 25.2. The van der Waals surface area contributed by atoms with Crippen molar-refractivity contribution >= 4 is 11.6 Å². The maximum atomic E-state index is 5.59. The third-order valence-electron chi connectivity index (χ3n) is 7.02. The lowest BCUT2D eigenvalue weighted by atomic mass is 9.99. The number of furan rings is 1. The van der Waals surface area contributed by atoms with Gasteiger partial charge in [0, 0.05) is 37.9 Å². The third-order valence-corrected chi connectivity index (χ3v) is 7.02. The van der Waals surface area contributed by atoms with Crippen LogP contribution in [0.1, 0.15) is 27.8 Å². The van der Waals surface area contributed by atoms with Crippen molar-refractivity contribution in [2.45, 2.75) is 32.9 Å². The number of anilines is 1. The molecule has 0 radical (unpaired) electrons. The molecule has 0 saturated carbocycles. The molecule has 0 aliphatic carbocycles. The highest BCUT2D eigenvalue weighted by Crippen LogP contribution is 2.26. The molecule has 0 saturated heterocycles. The van der Waals surface area contributed by atoms with Gasteiger partial charge in [-0.05, 0) is 66.3 Å². The van der Waals surface area contributed by atoms with Crippen LogP contribution < -0.4 is 10.1 Å². The van der Waals surface area contributed by atoms with Gasteiger partial charge in [-0.25, -0.2) is 9.97 Å². The number of methoxy groups -OCH3 is 1. The molecule has 37 heavy (non-hydrogen) atoms. The fourth-order valence-corrected chi connectivity index (χ4v) is 4.96. The van der Waals surface area contributed by atoms with Crippen molar-refractivity contribution in [3.8, 4) is 17.3 Å². The summed E-state index contributed by atoms with van der Waals surface area (Å²) < 4.78 is 12.8. The summed E-state index contributed by atoms with van der Waals surface area (Å²) in [7, 11) is 1.71. The monoisotopic (exact) mass is 494 g/mol. The van der Waals surface area contributed by atoms with Crippen LogP contribution in [0.4, 0.5) is 5.95 Å². The minimum absolute atomic E-state index is 0.551. The van der Waals surface area contributed by atoms with Gasteiger partial charge in [0.2, 0.25) is 11.8 Å². The Balaban J connectivity index is 1.27. The van der Waals surface area contributed by atoms with Crippen LogP contribution in [-0.4, -0.2) is 44.7 Å². The van der Waals surface area contributed by atoms with Gasteiger partial charge in [-0.1, -0.05) is 30.3 Å². The van der Waals surface area contributed by atoms with E-state index in [0.717, 1.165) is 56.0 Å². The number of nitrogens with one attached hydrogen (secondary N) is 1. The normalized spacial score (nSPS) is 13.6. The Morgan fingerprint density at radius 1 is 1.05 bits per heavy atom. The molecule has 2 aromatic carbocycles. The first-order valence-corrected chi connectivity index (χ1v) is 12.6. The summed E-state index contributed by atoms with van der Waals surface area (Å²) in [4.78, 5) is 12.1. The SMILES string of the molecule is COc1ccc2c(c1)CN(Cc1cnc(NCCc3ccccc3C)n3nc(-c4ccco4)nc13)CC2. The second kappa shape index (κ2) is 10.1. The first kappa shape index (κ1) is 23.2. The second-order valence-electron chi connectivity index (χ2n) is 9.45. The highest BCUT2D eigenvalue weighted by Gasteiger charge is 2.21. The molecule has 1 N–H and O–H groups in total. The summed E-state index contributed by atoms with van der Waals surface area (Å²) in [5, 5.41) is 8.23. The largest absolute Gasteiger partial charge is 0.497 e. The molecule has 1 aliphatic heterocycles. The number of benzene rings is 2. The lowest BCUT2D eigenvalue weighted by Gasteiger charge is -2.29. The molecule has 0 atom stereocenters. The fourth-order valence-electron chi connectivity index (χ4n) is 4.96. The number of aryl methyl sites for hydroxylation is 1. The standard InChI is InChI=1S/C29H30N6O2/c1-20-6-3-4-7-21(20)11-13-30-29-31-17-24(28-32-27(33-35(28)29)26-8-5-15-37-26)19-34-14-12-22-9-10-25(36-2)16-23(22)18-34/h3-10,15-17H,11-14,18-19H2,1-2H3,(H,30,31). The molecular formula is C29H30N6O2. The number of fused-ring (bicyclic) bond motifs is 2. The number of ether oxygens (including phenoxy) is 1. The number of nitrogens with zero attached hydrogens (tertiary/aromatic N) is 5. The Labute approximate surface area is 215 Å². The zero-order valence-electron chi connectivity index (χ0n) is 21.1. The van der Waals surface area contributed by atoms with Gasteiger partial charge >= 0.3 is 0 Å². The van der Waals surface area contributed by atoms with Crippen molar-refractivity contribution in [2.75, 3.05) is 25.5 Å². The Kier molecular flexibility index (Phi) is 6.32. The van der Waals surface area contributed by atoms with Gasteiger partial charge in [0.15, 0.2) is 11.4 Å². The van der Waals surface area contributed by atoms with Gasteiger partial charge in [0.1, 0.15) is 5.75 Å².